The van der Waals surface area contributed by atoms with Crippen LogP contribution in [-0.4, -0.2) is 46.3 Å². The lowest BCUT2D eigenvalue weighted by Crippen LogP contribution is -2.42. The molecule has 2 amide bonds. The number of hydrogen-bond donors (Lipinski definition) is 4. The minimum absolute atomic E-state index is 0.188. The van der Waals surface area contributed by atoms with Gasteiger partial charge in [-0.1, -0.05) is 80.8 Å². The summed E-state index contributed by atoms with van der Waals surface area (Å²) in [6, 6.07) is 18.2. The zero-order valence-corrected chi connectivity index (χ0v) is 32.6. The molecule has 0 aliphatic carbocycles. The Kier molecular flexibility index (Phi) is 22.5. The summed E-state index contributed by atoms with van der Waals surface area (Å²) in [4.78, 5) is 26.1. The van der Waals surface area contributed by atoms with Gasteiger partial charge in [0, 0.05) is 46.8 Å². The van der Waals surface area contributed by atoms with Crippen LogP contribution in [0.15, 0.2) is 102 Å². The molecular formula is C40H51Cl3N4O4. The number of carboxylic acid groups (broad SMARTS) is 1. The number of alkyl halides is 1. The van der Waals surface area contributed by atoms with E-state index in [9.17, 15) is 9.59 Å². The Hall–Kier alpha value is -4.24. The van der Waals surface area contributed by atoms with Gasteiger partial charge in [0.1, 0.15) is 17.3 Å². The summed E-state index contributed by atoms with van der Waals surface area (Å²) < 4.78 is 5.87. The first-order valence-electron chi connectivity index (χ1n) is 16.9. The van der Waals surface area contributed by atoms with Gasteiger partial charge >= 0.3 is 12.0 Å². The molecule has 11 heteroatoms. The second-order valence-corrected chi connectivity index (χ2v) is 12.4. The lowest BCUT2D eigenvalue weighted by molar-refractivity contribution is 0.0697. The molecule has 0 aliphatic heterocycles. The average molecular weight is 758 g/mol. The van der Waals surface area contributed by atoms with Crippen LogP contribution < -0.4 is 15.4 Å². The summed E-state index contributed by atoms with van der Waals surface area (Å²) >= 11 is 16.7. The first-order valence-corrected chi connectivity index (χ1v) is 18.2. The molecule has 1 atom stereocenters. The fourth-order valence-electron chi connectivity index (χ4n) is 4.41. The van der Waals surface area contributed by atoms with Crippen LogP contribution in [0.1, 0.15) is 75.4 Å². The fraction of sp³-hybridized carbons (Fsp3) is 0.325. The molecule has 0 aliphatic rings. The number of ether oxygens (including phenoxy) is 1. The number of rotatable bonds is 15. The van der Waals surface area contributed by atoms with Gasteiger partial charge in [0.2, 0.25) is 0 Å². The van der Waals surface area contributed by atoms with E-state index in [1.54, 1.807) is 43.3 Å². The molecular weight excluding hydrogens is 707 g/mol. The molecule has 0 aromatic heterocycles. The van der Waals surface area contributed by atoms with Gasteiger partial charge in [-0.15, -0.1) is 11.6 Å². The Morgan fingerprint density at radius 2 is 1.65 bits per heavy atom. The van der Waals surface area contributed by atoms with Crippen molar-refractivity contribution in [2.24, 2.45) is 0 Å². The monoisotopic (exact) mass is 756 g/mol. The van der Waals surface area contributed by atoms with E-state index in [1.165, 1.54) is 12.1 Å². The number of carbonyl (C=O) groups excluding carboxylic acids is 1. The number of unbranched alkanes of at least 4 members (excludes halogenated alkanes) is 1. The van der Waals surface area contributed by atoms with Crippen LogP contribution in [0.5, 0.6) is 11.5 Å². The molecule has 3 aromatic carbocycles. The predicted octanol–water partition coefficient (Wildman–Crippen LogP) is 11.8. The smallest absolute Gasteiger partial charge is 0.335 e. The molecule has 0 spiro atoms. The van der Waals surface area contributed by atoms with Crippen LogP contribution >= 0.6 is 34.8 Å². The number of aryl methyl sites for hydroxylation is 1. The minimum atomic E-state index is -0.994. The number of allylic oxidation sites excluding steroid dienone is 5. The molecule has 0 heterocycles. The summed E-state index contributed by atoms with van der Waals surface area (Å²) in [5.41, 5.74) is 2.65. The van der Waals surface area contributed by atoms with Crippen LogP contribution in [0.2, 0.25) is 5.02 Å². The topological polar surface area (TPSA) is 115 Å². The van der Waals surface area contributed by atoms with E-state index in [4.69, 9.17) is 50.1 Å². The third-order valence-electron chi connectivity index (χ3n) is 6.98. The van der Waals surface area contributed by atoms with Crippen LogP contribution in [0, 0.1) is 12.3 Å². The minimum Gasteiger partial charge on any atom is -0.478 e. The molecule has 0 saturated carbocycles. The van der Waals surface area contributed by atoms with Crippen LogP contribution in [-0.2, 0) is 6.42 Å². The highest BCUT2D eigenvalue weighted by Crippen LogP contribution is 2.23. The van der Waals surface area contributed by atoms with Gasteiger partial charge in [-0.25, -0.2) is 9.59 Å². The number of anilines is 1. The van der Waals surface area contributed by atoms with Gasteiger partial charge in [0.15, 0.2) is 0 Å². The number of urea groups is 1. The Morgan fingerprint density at radius 1 is 1.02 bits per heavy atom. The second-order valence-electron chi connectivity index (χ2n) is 11.0. The highest BCUT2D eigenvalue weighted by Gasteiger charge is 2.19. The number of amides is 2. The highest BCUT2D eigenvalue weighted by atomic mass is 35.5. The largest absolute Gasteiger partial charge is 0.478 e. The zero-order valence-electron chi connectivity index (χ0n) is 30.3. The quantitative estimate of drug-likeness (QED) is 0.0533. The van der Waals surface area contributed by atoms with Gasteiger partial charge in [-0.3, -0.25) is 5.41 Å². The number of amidine groups is 1. The molecule has 1 unspecified atom stereocenters. The van der Waals surface area contributed by atoms with Crippen molar-refractivity contribution in [2.75, 3.05) is 17.7 Å². The number of carboxylic acids is 1. The summed E-state index contributed by atoms with van der Waals surface area (Å²) in [6.45, 7) is 12.4. The lowest BCUT2D eigenvalue weighted by Gasteiger charge is -2.26. The summed E-state index contributed by atoms with van der Waals surface area (Å²) in [7, 11) is 0. The molecule has 276 valence electrons. The number of benzene rings is 3. The molecule has 8 nitrogen and oxygen atoms in total. The number of carbonyl (C=O) groups is 2. The molecule has 4 N–H and O–H groups in total. The van der Waals surface area contributed by atoms with E-state index in [2.05, 4.69) is 17.6 Å². The Balaban J connectivity index is 0.00000147. The van der Waals surface area contributed by atoms with E-state index >= 15 is 0 Å². The first-order chi connectivity index (χ1) is 24.4. The SMILES string of the molecule is C/C(Cl)=C\CCl.C/C=C/C=C/N(CCCC)C(=N)CC(Cc1ccc(Oc2ccc(C(=O)O)cc2)cc1)NC(=O)Nc1ccc(Cl)cc1C.CC. The molecule has 0 fully saturated rings. The van der Waals surface area contributed by atoms with E-state index in [-0.39, 0.29) is 17.6 Å². The number of halogens is 3. The van der Waals surface area contributed by atoms with Crippen molar-refractivity contribution in [3.63, 3.8) is 0 Å². The average Bonchev–Trinajstić information content (AvgIpc) is 3.09. The van der Waals surface area contributed by atoms with Crippen molar-refractivity contribution in [2.45, 2.75) is 73.3 Å². The normalized spacial score (nSPS) is 11.5. The van der Waals surface area contributed by atoms with Gasteiger partial charge in [-0.05, 0) is 105 Å². The van der Waals surface area contributed by atoms with Crippen molar-refractivity contribution in [1.29, 1.82) is 5.41 Å². The summed E-state index contributed by atoms with van der Waals surface area (Å²) in [5.74, 6) is 1.05. The number of nitrogens with zero attached hydrogens (tertiary/aromatic N) is 1. The Bertz CT molecular complexity index is 1590. The second kappa shape index (κ2) is 25.7. The Labute approximate surface area is 318 Å². The summed E-state index contributed by atoms with van der Waals surface area (Å²) in [5, 5.41) is 25.3. The summed E-state index contributed by atoms with van der Waals surface area (Å²) in [6.07, 6.45) is 12.2. The van der Waals surface area contributed by atoms with Crippen molar-refractivity contribution < 1.29 is 19.4 Å². The maximum absolute atomic E-state index is 13.1. The van der Waals surface area contributed by atoms with E-state index in [1.807, 2.05) is 81.3 Å². The molecule has 0 saturated heterocycles. The number of nitrogens with one attached hydrogen (secondary N) is 3. The van der Waals surface area contributed by atoms with Crippen molar-refractivity contribution in [1.82, 2.24) is 10.2 Å². The lowest BCUT2D eigenvalue weighted by atomic mass is 10.0. The molecule has 0 radical (unpaired) electrons. The van der Waals surface area contributed by atoms with Crippen LogP contribution in [0.3, 0.4) is 0 Å². The molecule has 3 rings (SSSR count). The molecule has 51 heavy (non-hydrogen) atoms. The molecule has 0 bridgehead atoms. The third kappa shape index (κ3) is 18.5. The maximum atomic E-state index is 13.1. The van der Waals surface area contributed by atoms with Gasteiger partial charge < -0.3 is 25.4 Å². The standard InChI is InChI=1S/C34H39ClN4O4.C4H6Cl2.C2H6/c1-4-6-8-20-39(19-7-5-2)32(36)23-28(37-34(42)38-31-18-13-27(35)21-24(31)3)22-25-9-14-29(15-10-25)43-30-16-11-26(12-17-30)33(40)41;1-4(6)2-3-5;1-2/h4,6,8-18,20-21,28,36H,5,7,19,22-23H2,1-3H3,(H,40,41)(H2,37,38,42);2H,3H2,1H3;1-2H3/b6-4+,20-8+,36-32?;4-2+;. The van der Waals surface area contributed by atoms with E-state index < -0.39 is 5.97 Å². The van der Waals surface area contributed by atoms with Crippen LogP contribution in [0.4, 0.5) is 10.5 Å². The van der Waals surface area contributed by atoms with E-state index in [0.717, 1.165) is 29.0 Å². The fourth-order valence-corrected chi connectivity index (χ4v) is 5.03. The van der Waals surface area contributed by atoms with Crippen molar-refractivity contribution in [3.8, 4) is 11.5 Å². The van der Waals surface area contributed by atoms with Gasteiger partial charge in [0.25, 0.3) is 0 Å². The van der Waals surface area contributed by atoms with Crippen LogP contribution in [0.25, 0.3) is 0 Å². The van der Waals surface area contributed by atoms with Crippen molar-refractivity contribution >= 4 is 58.3 Å². The maximum Gasteiger partial charge on any atom is 0.335 e. The van der Waals surface area contributed by atoms with E-state index in [0.29, 0.717) is 53.3 Å². The number of hydrogen-bond acceptors (Lipinski definition) is 4. The number of aromatic carboxylic acids is 1. The van der Waals surface area contributed by atoms with Gasteiger partial charge in [0.05, 0.1) is 5.56 Å². The zero-order chi connectivity index (χ0) is 38.2. The Morgan fingerprint density at radius 3 is 2.16 bits per heavy atom. The van der Waals surface area contributed by atoms with Gasteiger partial charge in [-0.2, -0.15) is 0 Å². The molecule has 3 aromatic rings. The first kappa shape index (κ1) is 44.8. The van der Waals surface area contributed by atoms with Crippen molar-refractivity contribution in [3.05, 3.63) is 124 Å². The third-order valence-corrected chi connectivity index (χ3v) is 7.53. The highest BCUT2D eigenvalue weighted by molar-refractivity contribution is 6.30. The predicted molar refractivity (Wildman–Crippen MR) is 215 cm³/mol.